The summed E-state index contributed by atoms with van der Waals surface area (Å²) in [5.41, 5.74) is 1.80. The fraction of sp³-hybridized carbons (Fsp3) is 0.440. The summed E-state index contributed by atoms with van der Waals surface area (Å²) >= 11 is 0. The predicted octanol–water partition coefficient (Wildman–Crippen LogP) is 4.05. The van der Waals surface area contributed by atoms with E-state index in [1.54, 1.807) is 0 Å². The Morgan fingerprint density at radius 2 is 1.61 bits per heavy atom. The molecule has 1 atom stereocenters. The Bertz CT molecular complexity index is 837. The Labute approximate surface area is 185 Å². The van der Waals surface area contributed by atoms with Crippen LogP contribution in [-0.2, 0) is 16.0 Å². The van der Waals surface area contributed by atoms with Crippen LogP contribution in [0.4, 0.5) is 0 Å². The van der Waals surface area contributed by atoms with Crippen LogP contribution in [0.1, 0.15) is 51.3 Å². The quantitative estimate of drug-likeness (QED) is 0.537. The highest BCUT2D eigenvalue weighted by Gasteiger charge is 2.22. The van der Waals surface area contributed by atoms with Gasteiger partial charge in [-0.15, -0.1) is 0 Å². The van der Waals surface area contributed by atoms with Crippen molar-refractivity contribution in [3.63, 3.8) is 0 Å². The molecule has 1 unspecified atom stereocenters. The first-order valence-corrected chi connectivity index (χ1v) is 10.9. The standard InChI is InChI=1S/C25H34N2O4/c1-5-30-21-13-12-19(17-22(21)31-6-2)14-15-26-25(29)24(20-10-8-7-9-11-20)27-23(28)16-18(3)4/h7-13,17-18,24H,5-6,14-16H2,1-4H3,(H,26,29)(H,27,28). The molecule has 0 aliphatic heterocycles. The van der Waals surface area contributed by atoms with E-state index in [0.29, 0.717) is 44.1 Å². The van der Waals surface area contributed by atoms with Crippen LogP contribution in [0.5, 0.6) is 11.5 Å². The lowest BCUT2D eigenvalue weighted by molar-refractivity contribution is -0.129. The molecule has 2 aromatic carbocycles. The van der Waals surface area contributed by atoms with Crippen LogP contribution in [0, 0.1) is 5.92 Å². The van der Waals surface area contributed by atoms with E-state index in [0.717, 1.165) is 11.1 Å². The first-order chi connectivity index (χ1) is 14.9. The van der Waals surface area contributed by atoms with E-state index in [-0.39, 0.29) is 17.7 Å². The lowest BCUT2D eigenvalue weighted by Gasteiger charge is -2.20. The summed E-state index contributed by atoms with van der Waals surface area (Å²) in [5, 5.41) is 5.83. The van der Waals surface area contributed by atoms with Gasteiger partial charge in [-0.1, -0.05) is 50.2 Å². The zero-order valence-corrected chi connectivity index (χ0v) is 18.9. The third kappa shape index (κ3) is 7.96. The van der Waals surface area contributed by atoms with Gasteiger partial charge in [0, 0.05) is 13.0 Å². The molecule has 2 rings (SSSR count). The average Bonchev–Trinajstić information content (AvgIpc) is 2.74. The van der Waals surface area contributed by atoms with E-state index >= 15 is 0 Å². The van der Waals surface area contributed by atoms with Gasteiger partial charge in [-0.3, -0.25) is 9.59 Å². The summed E-state index contributed by atoms with van der Waals surface area (Å²) in [6.07, 6.45) is 1.02. The molecule has 0 fully saturated rings. The van der Waals surface area contributed by atoms with Gasteiger partial charge in [0.15, 0.2) is 11.5 Å². The van der Waals surface area contributed by atoms with Gasteiger partial charge in [0.05, 0.1) is 13.2 Å². The van der Waals surface area contributed by atoms with Gasteiger partial charge < -0.3 is 20.1 Å². The molecule has 0 radical (unpaired) electrons. The first-order valence-electron chi connectivity index (χ1n) is 10.9. The fourth-order valence-corrected chi connectivity index (χ4v) is 3.22. The smallest absolute Gasteiger partial charge is 0.247 e. The molecule has 0 aliphatic carbocycles. The number of hydrogen-bond acceptors (Lipinski definition) is 4. The molecule has 0 heterocycles. The lowest BCUT2D eigenvalue weighted by atomic mass is 10.0. The van der Waals surface area contributed by atoms with Crippen molar-refractivity contribution in [2.75, 3.05) is 19.8 Å². The highest BCUT2D eigenvalue weighted by Crippen LogP contribution is 2.28. The van der Waals surface area contributed by atoms with E-state index in [2.05, 4.69) is 10.6 Å². The molecule has 0 aromatic heterocycles. The van der Waals surface area contributed by atoms with Crippen molar-refractivity contribution in [2.45, 2.75) is 46.6 Å². The maximum Gasteiger partial charge on any atom is 0.247 e. The van der Waals surface area contributed by atoms with Crippen molar-refractivity contribution >= 4 is 11.8 Å². The van der Waals surface area contributed by atoms with E-state index in [4.69, 9.17) is 9.47 Å². The van der Waals surface area contributed by atoms with Gasteiger partial charge in [-0.2, -0.15) is 0 Å². The monoisotopic (exact) mass is 426 g/mol. The van der Waals surface area contributed by atoms with Crippen molar-refractivity contribution in [3.05, 3.63) is 59.7 Å². The van der Waals surface area contributed by atoms with Gasteiger partial charge >= 0.3 is 0 Å². The fourth-order valence-electron chi connectivity index (χ4n) is 3.22. The minimum Gasteiger partial charge on any atom is -0.490 e. The third-order valence-corrected chi connectivity index (χ3v) is 4.61. The van der Waals surface area contributed by atoms with Gasteiger partial charge in [0.1, 0.15) is 6.04 Å². The van der Waals surface area contributed by atoms with E-state index in [1.165, 1.54) is 0 Å². The molecule has 2 N–H and O–H groups in total. The summed E-state index contributed by atoms with van der Waals surface area (Å²) in [6.45, 7) is 9.38. The first kappa shape index (κ1) is 24.3. The second-order valence-electron chi connectivity index (χ2n) is 7.70. The normalized spacial score (nSPS) is 11.6. The molecular weight excluding hydrogens is 392 g/mol. The van der Waals surface area contributed by atoms with Gasteiger partial charge in [0.2, 0.25) is 11.8 Å². The number of carbonyl (C=O) groups is 2. The van der Waals surface area contributed by atoms with Crippen LogP contribution in [0.3, 0.4) is 0 Å². The lowest BCUT2D eigenvalue weighted by Crippen LogP contribution is -2.41. The van der Waals surface area contributed by atoms with Crippen LogP contribution in [0.15, 0.2) is 48.5 Å². The van der Waals surface area contributed by atoms with Crippen molar-refractivity contribution in [1.82, 2.24) is 10.6 Å². The molecule has 0 saturated carbocycles. The van der Waals surface area contributed by atoms with Crippen molar-refractivity contribution in [3.8, 4) is 11.5 Å². The van der Waals surface area contributed by atoms with Crippen LogP contribution in [-0.4, -0.2) is 31.6 Å². The Morgan fingerprint density at radius 1 is 0.935 bits per heavy atom. The minimum absolute atomic E-state index is 0.133. The van der Waals surface area contributed by atoms with Crippen molar-refractivity contribution in [2.24, 2.45) is 5.92 Å². The molecule has 2 amide bonds. The number of hydrogen-bond donors (Lipinski definition) is 2. The molecule has 0 bridgehead atoms. The molecule has 0 spiro atoms. The highest BCUT2D eigenvalue weighted by molar-refractivity contribution is 5.88. The number of rotatable bonds is 12. The van der Waals surface area contributed by atoms with Gasteiger partial charge in [-0.05, 0) is 49.4 Å². The largest absolute Gasteiger partial charge is 0.490 e. The van der Waals surface area contributed by atoms with Crippen LogP contribution in [0.25, 0.3) is 0 Å². The molecule has 2 aromatic rings. The number of benzene rings is 2. The molecule has 0 aliphatic rings. The average molecular weight is 427 g/mol. The maximum absolute atomic E-state index is 12.9. The number of ether oxygens (including phenoxy) is 2. The molecular formula is C25H34N2O4. The van der Waals surface area contributed by atoms with Crippen LogP contribution in [0.2, 0.25) is 0 Å². The zero-order valence-electron chi connectivity index (χ0n) is 18.9. The van der Waals surface area contributed by atoms with Crippen molar-refractivity contribution in [1.29, 1.82) is 0 Å². The summed E-state index contributed by atoms with van der Waals surface area (Å²) in [6, 6.07) is 14.4. The topological polar surface area (TPSA) is 76.7 Å². The van der Waals surface area contributed by atoms with Crippen LogP contribution < -0.4 is 20.1 Å². The second-order valence-corrected chi connectivity index (χ2v) is 7.70. The summed E-state index contributed by atoms with van der Waals surface area (Å²) in [4.78, 5) is 25.2. The molecule has 6 heteroatoms. The Balaban J connectivity index is 2.02. The number of carbonyl (C=O) groups excluding carboxylic acids is 2. The van der Waals surface area contributed by atoms with E-state index < -0.39 is 6.04 Å². The maximum atomic E-state index is 12.9. The van der Waals surface area contributed by atoms with E-state index in [1.807, 2.05) is 76.2 Å². The van der Waals surface area contributed by atoms with E-state index in [9.17, 15) is 9.59 Å². The Kier molecular flexibility index (Phi) is 9.88. The highest BCUT2D eigenvalue weighted by atomic mass is 16.5. The molecule has 168 valence electrons. The number of nitrogens with one attached hydrogen (secondary N) is 2. The second kappa shape index (κ2) is 12.6. The molecule has 0 saturated heterocycles. The van der Waals surface area contributed by atoms with Gasteiger partial charge in [0.25, 0.3) is 0 Å². The summed E-state index contributed by atoms with van der Waals surface area (Å²) < 4.78 is 11.3. The minimum atomic E-state index is -0.716. The SMILES string of the molecule is CCOc1ccc(CCNC(=O)C(NC(=O)CC(C)C)c2ccccc2)cc1OCC. The molecule has 31 heavy (non-hydrogen) atoms. The predicted molar refractivity (Wildman–Crippen MR) is 122 cm³/mol. The third-order valence-electron chi connectivity index (χ3n) is 4.61. The Hall–Kier alpha value is -3.02. The Morgan fingerprint density at radius 3 is 2.26 bits per heavy atom. The summed E-state index contributed by atoms with van der Waals surface area (Å²) in [5.74, 6) is 1.29. The number of amides is 2. The molecule has 6 nitrogen and oxygen atoms in total. The zero-order chi connectivity index (χ0) is 22.6. The van der Waals surface area contributed by atoms with Crippen molar-refractivity contribution < 1.29 is 19.1 Å². The summed E-state index contributed by atoms with van der Waals surface area (Å²) in [7, 11) is 0. The van der Waals surface area contributed by atoms with Gasteiger partial charge in [-0.25, -0.2) is 0 Å². The van der Waals surface area contributed by atoms with Crippen LogP contribution >= 0.6 is 0 Å².